The summed E-state index contributed by atoms with van der Waals surface area (Å²) in [5, 5.41) is 0. The summed E-state index contributed by atoms with van der Waals surface area (Å²) in [4.78, 5) is 25.4. The summed E-state index contributed by atoms with van der Waals surface area (Å²) < 4.78 is 4.59. The number of methoxy groups -OCH3 is 1. The molecule has 0 saturated heterocycles. The fourth-order valence-corrected chi connectivity index (χ4v) is 2.47. The van der Waals surface area contributed by atoms with E-state index >= 15 is 0 Å². The second kappa shape index (κ2) is 10.4. The Morgan fingerprint density at radius 1 is 1.25 bits per heavy atom. The van der Waals surface area contributed by atoms with E-state index in [-0.39, 0.29) is 18.3 Å². The smallest absolute Gasteiger partial charge is 0.305 e. The predicted octanol–water partition coefficient (Wildman–Crippen LogP) is 3.45. The fraction of sp³-hybridized carbons (Fsp3) is 0.400. The minimum Gasteiger partial charge on any atom is -0.469 e. The van der Waals surface area contributed by atoms with Crippen LogP contribution >= 0.6 is 0 Å². The molecule has 1 rings (SSSR count). The number of hydrogen-bond donors (Lipinski definition) is 0. The normalized spacial score (nSPS) is 10.1. The first-order valence-corrected chi connectivity index (χ1v) is 8.18. The predicted molar refractivity (Wildman–Crippen MR) is 96.7 cm³/mol. The highest BCUT2D eigenvalue weighted by atomic mass is 16.5. The Hall–Kier alpha value is -2.36. The molecule has 0 unspecified atom stereocenters. The van der Waals surface area contributed by atoms with E-state index in [1.54, 1.807) is 11.0 Å². The number of ether oxygens (including phenoxy) is 1. The molecular formula is C20H27NO3. The molecule has 24 heavy (non-hydrogen) atoms. The van der Waals surface area contributed by atoms with Crippen LogP contribution in [0.5, 0.6) is 0 Å². The number of carbonyl (C=O) groups excluding carboxylic acids is 2. The van der Waals surface area contributed by atoms with Gasteiger partial charge in [-0.1, -0.05) is 36.9 Å². The molecule has 0 fully saturated rings. The maximum atomic E-state index is 12.5. The van der Waals surface area contributed by atoms with Gasteiger partial charge in [0.05, 0.1) is 7.11 Å². The minimum absolute atomic E-state index is 0.122. The van der Waals surface area contributed by atoms with E-state index in [1.807, 2.05) is 12.1 Å². The second-order valence-corrected chi connectivity index (χ2v) is 5.75. The van der Waals surface area contributed by atoms with E-state index in [0.717, 1.165) is 12.8 Å². The first kappa shape index (κ1) is 19.7. The van der Waals surface area contributed by atoms with E-state index in [2.05, 4.69) is 37.0 Å². The van der Waals surface area contributed by atoms with Crippen LogP contribution in [0.3, 0.4) is 0 Å². The Labute approximate surface area is 144 Å². The van der Waals surface area contributed by atoms with Crippen LogP contribution in [0.15, 0.2) is 49.1 Å². The minimum atomic E-state index is -0.334. The summed E-state index contributed by atoms with van der Waals surface area (Å²) in [6.45, 7) is 10.7. The highest BCUT2D eigenvalue weighted by molar-refractivity contribution is 5.93. The van der Waals surface area contributed by atoms with E-state index in [4.69, 9.17) is 0 Å². The van der Waals surface area contributed by atoms with Gasteiger partial charge in [0.2, 0.25) is 5.91 Å². The zero-order valence-corrected chi connectivity index (χ0v) is 14.7. The summed E-state index contributed by atoms with van der Waals surface area (Å²) in [5.74, 6) is -0.456. The lowest BCUT2D eigenvalue weighted by Crippen LogP contribution is -2.33. The zero-order valence-electron chi connectivity index (χ0n) is 14.7. The van der Waals surface area contributed by atoms with Gasteiger partial charge in [-0.05, 0) is 37.3 Å². The number of esters is 1. The zero-order chi connectivity index (χ0) is 17.9. The number of rotatable bonds is 10. The molecule has 4 nitrogen and oxygen atoms in total. The molecular weight excluding hydrogens is 302 g/mol. The molecule has 0 N–H and O–H groups in total. The largest absolute Gasteiger partial charge is 0.469 e. The summed E-state index contributed by atoms with van der Waals surface area (Å²) in [6.07, 6.45) is 3.99. The Bertz CT molecular complexity index is 592. The van der Waals surface area contributed by atoms with Crippen LogP contribution in [0.1, 0.15) is 30.4 Å². The van der Waals surface area contributed by atoms with Crippen molar-refractivity contribution in [3.05, 3.63) is 60.2 Å². The van der Waals surface area contributed by atoms with Crippen LogP contribution in [-0.4, -0.2) is 37.0 Å². The lowest BCUT2D eigenvalue weighted by Gasteiger charge is -2.22. The average Bonchev–Trinajstić information content (AvgIpc) is 2.59. The molecule has 4 heteroatoms. The van der Waals surface area contributed by atoms with Crippen molar-refractivity contribution >= 4 is 11.9 Å². The number of carbonyl (C=O) groups is 2. The molecule has 0 aliphatic rings. The molecule has 0 bridgehead atoms. The molecule has 1 aromatic carbocycles. The van der Waals surface area contributed by atoms with Crippen molar-refractivity contribution in [2.45, 2.75) is 32.6 Å². The van der Waals surface area contributed by atoms with Gasteiger partial charge in [0.15, 0.2) is 0 Å². The van der Waals surface area contributed by atoms with Crippen molar-refractivity contribution in [3.63, 3.8) is 0 Å². The highest BCUT2D eigenvalue weighted by Crippen LogP contribution is 2.12. The number of amides is 1. The third-order valence-electron chi connectivity index (χ3n) is 3.93. The standard InChI is InChI=1S/C20H27NO3/c1-5-14-21(20(23)17(3)12-13-19(22)24-4)15-8-11-18-10-7-6-9-16(18)2/h5-7,9-10H,1,3,8,11-15H2,2,4H3. The lowest BCUT2D eigenvalue weighted by molar-refractivity contribution is -0.140. The van der Waals surface area contributed by atoms with Gasteiger partial charge in [-0.3, -0.25) is 9.59 Å². The quantitative estimate of drug-likeness (QED) is 0.375. The SMILES string of the molecule is C=CCN(CCCc1ccccc1C)C(=O)C(=C)CCC(=O)OC. The van der Waals surface area contributed by atoms with Crippen molar-refractivity contribution in [3.8, 4) is 0 Å². The van der Waals surface area contributed by atoms with E-state index in [1.165, 1.54) is 18.2 Å². The van der Waals surface area contributed by atoms with Crippen LogP contribution in [0.4, 0.5) is 0 Å². The van der Waals surface area contributed by atoms with Gasteiger partial charge >= 0.3 is 5.97 Å². The average molecular weight is 329 g/mol. The van der Waals surface area contributed by atoms with Crippen LogP contribution in [0, 0.1) is 6.92 Å². The van der Waals surface area contributed by atoms with Gasteiger partial charge in [0, 0.05) is 25.1 Å². The van der Waals surface area contributed by atoms with Gasteiger partial charge < -0.3 is 9.64 Å². The molecule has 130 valence electrons. The third kappa shape index (κ3) is 6.41. The summed E-state index contributed by atoms with van der Waals surface area (Å²) in [5.41, 5.74) is 2.99. The van der Waals surface area contributed by atoms with E-state index in [0.29, 0.717) is 25.1 Å². The number of benzene rings is 1. The van der Waals surface area contributed by atoms with Crippen molar-refractivity contribution in [2.75, 3.05) is 20.2 Å². The third-order valence-corrected chi connectivity index (χ3v) is 3.93. The van der Waals surface area contributed by atoms with Crippen molar-refractivity contribution in [2.24, 2.45) is 0 Å². The van der Waals surface area contributed by atoms with Gasteiger partial charge in [-0.15, -0.1) is 6.58 Å². The van der Waals surface area contributed by atoms with Gasteiger partial charge in [-0.25, -0.2) is 0 Å². The Morgan fingerprint density at radius 3 is 2.58 bits per heavy atom. The van der Waals surface area contributed by atoms with Crippen LogP contribution < -0.4 is 0 Å². The topological polar surface area (TPSA) is 46.6 Å². The first-order valence-electron chi connectivity index (χ1n) is 8.18. The monoisotopic (exact) mass is 329 g/mol. The van der Waals surface area contributed by atoms with Crippen molar-refractivity contribution in [1.82, 2.24) is 4.90 Å². The number of nitrogens with zero attached hydrogens (tertiary/aromatic N) is 1. The summed E-state index contributed by atoms with van der Waals surface area (Å²) >= 11 is 0. The van der Waals surface area contributed by atoms with Crippen molar-refractivity contribution in [1.29, 1.82) is 0 Å². The van der Waals surface area contributed by atoms with Gasteiger partial charge in [-0.2, -0.15) is 0 Å². The molecule has 0 radical (unpaired) electrons. The maximum absolute atomic E-state index is 12.5. The van der Waals surface area contributed by atoms with Gasteiger partial charge in [0.1, 0.15) is 0 Å². The second-order valence-electron chi connectivity index (χ2n) is 5.75. The molecule has 1 aromatic rings. The summed E-state index contributed by atoms with van der Waals surface area (Å²) in [6, 6.07) is 8.27. The molecule has 0 spiro atoms. The Balaban J connectivity index is 2.54. The van der Waals surface area contributed by atoms with E-state index in [9.17, 15) is 9.59 Å². The molecule has 0 heterocycles. The molecule has 0 atom stereocenters. The van der Waals surface area contributed by atoms with Crippen molar-refractivity contribution < 1.29 is 14.3 Å². The molecule has 0 aliphatic carbocycles. The summed E-state index contributed by atoms with van der Waals surface area (Å²) in [7, 11) is 1.34. The Morgan fingerprint density at radius 2 is 1.96 bits per heavy atom. The Kier molecular flexibility index (Phi) is 8.55. The lowest BCUT2D eigenvalue weighted by atomic mass is 10.0. The van der Waals surface area contributed by atoms with Gasteiger partial charge in [0.25, 0.3) is 0 Å². The first-order chi connectivity index (χ1) is 11.5. The molecule has 1 amide bonds. The van der Waals surface area contributed by atoms with E-state index < -0.39 is 0 Å². The van der Waals surface area contributed by atoms with Crippen LogP contribution in [0.25, 0.3) is 0 Å². The molecule has 0 aromatic heterocycles. The maximum Gasteiger partial charge on any atom is 0.305 e. The molecule has 0 aliphatic heterocycles. The van der Waals surface area contributed by atoms with Crippen LogP contribution in [-0.2, 0) is 20.7 Å². The number of hydrogen-bond acceptors (Lipinski definition) is 3. The molecule has 0 saturated carbocycles. The van der Waals surface area contributed by atoms with Crippen LogP contribution in [0.2, 0.25) is 0 Å². The number of aryl methyl sites for hydroxylation is 2. The highest BCUT2D eigenvalue weighted by Gasteiger charge is 2.16. The fourth-order valence-electron chi connectivity index (χ4n) is 2.47.